The molecule has 1 aliphatic carbocycles. The van der Waals surface area contributed by atoms with Crippen LogP contribution in [-0.2, 0) is 22.4 Å². The zero-order valence-electron chi connectivity index (χ0n) is 11.3. The third-order valence-electron chi connectivity index (χ3n) is 4.09. The molecule has 3 rings (SSSR count). The third-order valence-corrected chi connectivity index (χ3v) is 4.09. The van der Waals surface area contributed by atoms with E-state index in [1.807, 2.05) is 0 Å². The van der Waals surface area contributed by atoms with Gasteiger partial charge in [0.2, 0.25) is 11.8 Å². The number of nitrogens with zero attached hydrogens (tertiary/aromatic N) is 2. The molecule has 0 radical (unpaired) electrons. The largest absolute Gasteiger partial charge is 0.354 e. The summed E-state index contributed by atoms with van der Waals surface area (Å²) < 4.78 is 0. The fourth-order valence-corrected chi connectivity index (χ4v) is 2.88. The Morgan fingerprint density at radius 3 is 2.95 bits per heavy atom. The lowest BCUT2D eigenvalue weighted by atomic mass is 9.89. The van der Waals surface area contributed by atoms with Crippen molar-refractivity contribution < 1.29 is 9.59 Å². The van der Waals surface area contributed by atoms with Gasteiger partial charge in [-0.1, -0.05) is 0 Å². The summed E-state index contributed by atoms with van der Waals surface area (Å²) in [5.41, 5.74) is 1.84. The summed E-state index contributed by atoms with van der Waals surface area (Å²) in [4.78, 5) is 24.1. The number of carbonyl (C=O) groups excluding carboxylic acids is 2. The van der Waals surface area contributed by atoms with E-state index in [1.165, 1.54) is 0 Å². The number of hydrogen-bond acceptors (Lipinski definition) is 4. The Bertz CT molecular complexity index is 513. The van der Waals surface area contributed by atoms with Crippen LogP contribution in [0.3, 0.4) is 0 Å². The van der Waals surface area contributed by atoms with Gasteiger partial charge in [0.15, 0.2) is 0 Å². The molecule has 3 N–H and O–H groups in total. The molecule has 7 heteroatoms. The SMILES string of the molecule is O=C(NC1CCCCNC1=O)C1CCc2n[nH]nc2C1. The number of hydrogen-bond donors (Lipinski definition) is 3. The fourth-order valence-electron chi connectivity index (χ4n) is 2.88. The molecule has 1 aliphatic heterocycles. The van der Waals surface area contributed by atoms with Gasteiger partial charge in [-0.15, -0.1) is 0 Å². The highest BCUT2D eigenvalue weighted by atomic mass is 16.2. The van der Waals surface area contributed by atoms with E-state index in [-0.39, 0.29) is 23.8 Å². The first-order valence-electron chi connectivity index (χ1n) is 7.20. The van der Waals surface area contributed by atoms with E-state index >= 15 is 0 Å². The van der Waals surface area contributed by atoms with E-state index < -0.39 is 0 Å². The topological polar surface area (TPSA) is 99.8 Å². The lowest BCUT2D eigenvalue weighted by molar-refractivity contribution is -0.131. The van der Waals surface area contributed by atoms with Crippen molar-refractivity contribution in [1.29, 1.82) is 0 Å². The molecule has 2 heterocycles. The molecule has 0 bridgehead atoms. The minimum absolute atomic E-state index is 0.0410. The molecule has 1 aromatic heterocycles. The van der Waals surface area contributed by atoms with Crippen molar-refractivity contribution in [3.8, 4) is 0 Å². The normalized spacial score (nSPS) is 26.3. The van der Waals surface area contributed by atoms with Crippen LogP contribution in [0.1, 0.15) is 37.1 Å². The van der Waals surface area contributed by atoms with Crippen LogP contribution in [0.4, 0.5) is 0 Å². The maximum Gasteiger partial charge on any atom is 0.242 e. The van der Waals surface area contributed by atoms with Gasteiger partial charge in [-0.25, -0.2) is 0 Å². The van der Waals surface area contributed by atoms with Crippen molar-refractivity contribution in [3.63, 3.8) is 0 Å². The number of aryl methyl sites for hydroxylation is 1. The summed E-state index contributed by atoms with van der Waals surface area (Å²) >= 11 is 0. The second-order valence-electron chi connectivity index (χ2n) is 5.50. The molecule has 0 aromatic carbocycles. The number of rotatable bonds is 2. The zero-order chi connectivity index (χ0) is 13.9. The Hall–Kier alpha value is -1.92. The number of nitrogens with one attached hydrogen (secondary N) is 3. The summed E-state index contributed by atoms with van der Waals surface area (Å²) in [6.07, 6.45) is 4.79. The van der Waals surface area contributed by atoms with Gasteiger partial charge < -0.3 is 10.6 Å². The highest BCUT2D eigenvalue weighted by molar-refractivity contribution is 5.88. The predicted molar refractivity (Wildman–Crippen MR) is 70.7 cm³/mol. The fraction of sp³-hybridized carbons (Fsp3) is 0.692. The molecule has 2 aliphatic rings. The molecular formula is C13H19N5O2. The Kier molecular flexibility index (Phi) is 3.66. The maximum absolute atomic E-state index is 12.3. The molecule has 0 saturated carbocycles. The summed E-state index contributed by atoms with van der Waals surface area (Å²) in [6, 6.07) is -0.385. The third kappa shape index (κ3) is 2.66. The van der Waals surface area contributed by atoms with E-state index in [4.69, 9.17) is 0 Å². The van der Waals surface area contributed by atoms with Crippen LogP contribution in [0.2, 0.25) is 0 Å². The number of aromatic amines is 1. The van der Waals surface area contributed by atoms with Crippen LogP contribution < -0.4 is 10.6 Å². The molecular weight excluding hydrogens is 258 g/mol. The van der Waals surface area contributed by atoms with Gasteiger partial charge in [-0.3, -0.25) is 9.59 Å². The molecule has 108 valence electrons. The van der Waals surface area contributed by atoms with E-state index in [0.29, 0.717) is 13.0 Å². The number of aromatic nitrogens is 3. The van der Waals surface area contributed by atoms with Crippen LogP contribution in [0.15, 0.2) is 0 Å². The summed E-state index contributed by atoms with van der Waals surface area (Å²) in [5, 5.41) is 16.5. The molecule has 1 fully saturated rings. The summed E-state index contributed by atoms with van der Waals surface area (Å²) in [5.74, 6) is -0.210. The number of carbonyl (C=O) groups is 2. The van der Waals surface area contributed by atoms with Crippen LogP contribution in [-0.4, -0.2) is 39.8 Å². The molecule has 2 unspecified atom stereocenters. The number of amides is 2. The molecule has 0 spiro atoms. The summed E-state index contributed by atoms with van der Waals surface area (Å²) in [6.45, 7) is 0.705. The molecule has 2 atom stereocenters. The molecule has 2 amide bonds. The molecule has 7 nitrogen and oxygen atoms in total. The minimum Gasteiger partial charge on any atom is -0.354 e. The van der Waals surface area contributed by atoms with Crippen LogP contribution in [0.25, 0.3) is 0 Å². The van der Waals surface area contributed by atoms with E-state index in [9.17, 15) is 9.59 Å². The van der Waals surface area contributed by atoms with Gasteiger partial charge in [0, 0.05) is 18.9 Å². The van der Waals surface area contributed by atoms with Crippen LogP contribution >= 0.6 is 0 Å². The Balaban J connectivity index is 1.61. The van der Waals surface area contributed by atoms with E-state index in [1.54, 1.807) is 0 Å². The average molecular weight is 277 g/mol. The van der Waals surface area contributed by atoms with Crippen molar-refractivity contribution in [2.45, 2.75) is 44.6 Å². The van der Waals surface area contributed by atoms with Crippen molar-refractivity contribution in [2.75, 3.05) is 6.54 Å². The Morgan fingerprint density at radius 2 is 2.05 bits per heavy atom. The lowest BCUT2D eigenvalue weighted by Crippen LogP contribution is -2.48. The van der Waals surface area contributed by atoms with Crippen LogP contribution in [0.5, 0.6) is 0 Å². The van der Waals surface area contributed by atoms with Crippen molar-refractivity contribution in [1.82, 2.24) is 26.0 Å². The smallest absolute Gasteiger partial charge is 0.242 e. The highest BCUT2D eigenvalue weighted by Gasteiger charge is 2.30. The van der Waals surface area contributed by atoms with Gasteiger partial charge in [-0.2, -0.15) is 15.4 Å². The van der Waals surface area contributed by atoms with Gasteiger partial charge in [0.1, 0.15) is 6.04 Å². The van der Waals surface area contributed by atoms with Gasteiger partial charge >= 0.3 is 0 Å². The lowest BCUT2D eigenvalue weighted by Gasteiger charge is -2.22. The number of fused-ring (bicyclic) bond motifs is 1. The van der Waals surface area contributed by atoms with Crippen LogP contribution in [0, 0.1) is 5.92 Å². The summed E-state index contributed by atoms with van der Waals surface area (Å²) in [7, 11) is 0. The molecule has 1 aromatic rings. The first-order chi connectivity index (χ1) is 9.74. The predicted octanol–water partition coefficient (Wildman–Crippen LogP) is -0.306. The minimum atomic E-state index is -0.385. The average Bonchev–Trinajstić information content (AvgIpc) is 2.83. The van der Waals surface area contributed by atoms with Crippen molar-refractivity contribution in [2.24, 2.45) is 5.92 Å². The quantitative estimate of drug-likeness (QED) is 0.690. The first kappa shape index (κ1) is 13.1. The van der Waals surface area contributed by atoms with Crippen molar-refractivity contribution in [3.05, 3.63) is 11.4 Å². The first-order valence-corrected chi connectivity index (χ1v) is 7.20. The maximum atomic E-state index is 12.3. The second-order valence-corrected chi connectivity index (χ2v) is 5.50. The van der Waals surface area contributed by atoms with E-state index in [2.05, 4.69) is 26.0 Å². The van der Waals surface area contributed by atoms with E-state index in [0.717, 1.165) is 43.5 Å². The van der Waals surface area contributed by atoms with Gasteiger partial charge in [0.05, 0.1) is 11.4 Å². The van der Waals surface area contributed by atoms with Crippen molar-refractivity contribution >= 4 is 11.8 Å². The van der Waals surface area contributed by atoms with Gasteiger partial charge in [-0.05, 0) is 32.1 Å². The van der Waals surface area contributed by atoms with Gasteiger partial charge in [0.25, 0.3) is 0 Å². The Morgan fingerprint density at radius 1 is 1.20 bits per heavy atom. The number of H-pyrrole nitrogens is 1. The zero-order valence-corrected chi connectivity index (χ0v) is 11.3. The monoisotopic (exact) mass is 277 g/mol. The second kappa shape index (κ2) is 5.60. The Labute approximate surface area is 116 Å². The molecule has 20 heavy (non-hydrogen) atoms. The molecule has 1 saturated heterocycles. The standard InChI is InChI=1S/C13H19N5O2/c19-12(15-10-3-1-2-6-14-13(10)20)8-4-5-9-11(7-8)17-18-16-9/h8,10H,1-7H2,(H,14,20)(H,15,19)(H,16,17,18). The highest BCUT2D eigenvalue weighted by Crippen LogP contribution is 2.22.